The lowest BCUT2D eigenvalue weighted by Gasteiger charge is -2.18. The van der Waals surface area contributed by atoms with Crippen LogP contribution in [0.15, 0.2) is 30.3 Å². The lowest BCUT2D eigenvalue weighted by molar-refractivity contribution is -0.137. The van der Waals surface area contributed by atoms with Crippen LogP contribution in [0.3, 0.4) is 0 Å². The molecule has 0 radical (unpaired) electrons. The van der Waals surface area contributed by atoms with Crippen LogP contribution in [0.5, 0.6) is 5.75 Å². The zero-order chi connectivity index (χ0) is 11.3. The molecule has 15 heavy (non-hydrogen) atoms. The van der Waals surface area contributed by atoms with E-state index in [9.17, 15) is 4.79 Å². The second-order valence-electron chi connectivity index (χ2n) is 3.74. The molecule has 1 aromatic rings. The Kier molecular flexibility index (Phi) is 4.31. The molecular weight excluding hydrogens is 190 g/mol. The van der Waals surface area contributed by atoms with Gasteiger partial charge < -0.3 is 10.1 Å². The number of carbonyl (C=O) groups excluding carboxylic acids is 1. The van der Waals surface area contributed by atoms with Gasteiger partial charge in [-0.05, 0) is 25.1 Å². The van der Waals surface area contributed by atoms with E-state index in [-0.39, 0.29) is 17.9 Å². The molecule has 1 aromatic carbocycles. The van der Waals surface area contributed by atoms with Crippen LogP contribution in [0.1, 0.15) is 13.8 Å². The van der Waals surface area contributed by atoms with Gasteiger partial charge >= 0.3 is 5.97 Å². The molecule has 0 aliphatic carbocycles. The van der Waals surface area contributed by atoms with Crippen molar-refractivity contribution in [3.8, 4) is 5.75 Å². The van der Waals surface area contributed by atoms with Gasteiger partial charge in [0.2, 0.25) is 0 Å². The summed E-state index contributed by atoms with van der Waals surface area (Å²) in [6, 6.07) is 8.84. The zero-order valence-corrected chi connectivity index (χ0v) is 9.36. The van der Waals surface area contributed by atoms with E-state index in [0.29, 0.717) is 5.75 Å². The lowest BCUT2D eigenvalue weighted by atomic mass is 10.1. The van der Waals surface area contributed by atoms with E-state index >= 15 is 0 Å². The van der Waals surface area contributed by atoms with Crippen LogP contribution in [0.2, 0.25) is 0 Å². The summed E-state index contributed by atoms with van der Waals surface area (Å²) in [6.07, 6.45) is 0. The van der Waals surface area contributed by atoms with Gasteiger partial charge in [0.15, 0.2) is 0 Å². The van der Waals surface area contributed by atoms with E-state index in [2.05, 4.69) is 5.32 Å². The molecule has 0 unspecified atom stereocenters. The summed E-state index contributed by atoms with van der Waals surface area (Å²) in [5.41, 5.74) is 0. The maximum atomic E-state index is 11.7. The number of carbonyl (C=O) groups is 1. The highest BCUT2D eigenvalue weighted by Crippen LogP contribution is 2.11. The number of ether oxygens (including phenoxy) is 1. The molecule has 1 atom stereocenters. The van der Waals surface area contributed by atoms with Crippen molar-refractivity contribution < 1.29 is 9.53 Å². The van der Waals surface area contributed by atoms with Gasteiger partial charge in [0.05, 0.1) is 0 Å². The summed E-state index contributed by atoms with van der Waals surface area (Å²) in [4.78, 5) is 11.7. The summed E-state index contributed by atoms with van der Waals surface area (Å²) in [7, 11) is 1.76. The van der Waals surface area contributed by atoms with E-state index in [0.717, 1.165) is 0 Å². The first-order valence-electron chi connectivity index (χ1n) is 5.09. The molecule has 0 aromatic heterocycles. The topological polar surface area (TPSA) is 38.3 Å². The van der Waals surface area contributed by atoms with Crippen molar-refractivity contribution in [2.75, 3.05) is 7.05 Å². The first-order valence-corrected chi connectivity index (χ1v) is 5.09. The molecule has 0 fully saturated rings. The number of esters is 1. The summed E-state index contributed by atoms with van der Waals surface area (Å²) in [5.74, 6) is 0.563. The Morgan fingerprint density at radius 1 is 1.27 bits per heavy atom. The number of likely N-dealkylation sites (N-methyl/N-ethyl adjacent to an activating group) is 1. The molecule has 0 heterocycles. The molecule has 0 bridgehead atoms. The minimum atomic E-state index is -0.259. The first kappa shape index (κ1) is 11.7. The van der Waals surface area contributed by atoms with Crippen molar-refractivity contribution in [2.24, 2.45) is 5.92 Å². The van der Waals surface area contributed by atoms with Gasteiger partial charge in [0.1, 0.15) is 11.8 Å². The van der Waals surface area contributed by atoms with Crippen molar-refractivity contribution in [1.82, 2.24) is 5.32 Å². The van der Waals surface area contributed by atoms with Gasteiger partial charge in [-0.1, -0.05) is 32.0 Å². The van der Waals surface area contributed by atoms with Crippen molar-refractivity contribution in [1.29, 1.82) is 0 Å². The van der Waals surface area contributed by atoms with Gasteiger partial charge in [-0.2, -0.15) is 0 Å². The molecule has 0 aliphatic heterocycles. The lowest BCUT2D eigenvalue weighted by Crippen LogP contribution is -2.41. The van der Waals surface area contributed by atoms with Gasteiger partial charge in [-0.15, -0.1) is 0 Å². The second kappa shape index (κ2) is 5.51. The molecule has 82 valence electrons. The highest BCUT2D eigenvalue weighted by Gasteiger charge is 2.21. The third-order valence-corrected chi connectivity index (χ3v) is 2.19. The molecule has 0 saturated heterocycles. The number of rotatable bonds is 4. The summed E-state index contributed by atoms with van der Waals surface area (Å²) >= 11 is 0. The number of benzene rings is 1. The van der Waals surface area contributed by atoms with E-state index in [4.69, 9.17) is 4.74 Å². The van der Waals surface area contributed by atoms with E-state index in [1.54, 1.807) is 19.2 Å². The van der Waals surface area contributed by atoms with Gasteiger partial charge in [0.25, 0.3) is 0 Å². The number of hydrogen-bond donors (Lipinski definition) is 1. The van der Waals surface area contributed by atoms with Crippen LogP contribution >= 0.6 is 0 Å². The highest BCUT2D eigenvalue weighted by atomic mass is 16.5. The van der Waals surface area contributed by atoms with Crippen molar-refractivity contribution in [2.45, 2.75) is 19.9 Å². The maximum Gasteiger partial charge on any atom is 0.328 e. The van der Waals surface area contributed by atoms with E-state index < -0.39 is 0 Å². The molecule has 3 nitrogen and oxygen atoms in total. The van der Waals surface area contributed by atoms with Crippen LogP contribution in [0.4, 0.5) is 0 Å². The minimum absolute atomic E-state index is 0.214. The van der Waals surface area contributed by atoms with Gasteiger partial charge in [-0.3, -0.25) is 0 Å². The quantitative estimate of drug-likeness (QED) is 0.604. The molecule has 0 aliphatic rings. The Hall–Kier alpha value is -1.35. The second-order valence-corrected chi connectivity index (χ2v) is 3.74. The smallest absolute Gasteiger partial charge is 0.328 e. The molecule has 0 saturated carbocycles. The first-order chi connectivity index (χ1) is 7.15. The predicted molar refractivity (Wildman–Crippen MR) is 59.8 cm³/mol. The minimum Gasteiger partial charge on any atom is -0.425 e. The van der Waals surface area contributed by atoms with Crippen LogP contribution in [-0.4, -0.2) is 19.1 Å². The summed E-state index contributed by atoms with van der Waals surface area (Å²) < 4.78 is 5.23. The Labute approximate surface area is 90.4 Å². The van der Waals surface area contributed by atoms with Crippen molar-refractivity contribution in [3.05, 3.63) is 30.3 Å². The molecule has 1 rings (SSSR count). The fourth-order valence-electron chi connectivity index (χ4n) is 1.39. The fraction of sp³-hybridized carbons (Fsp3) is 0.417. The zero-order valence-electron chi connectivity index (χ0n) is 9.36. The third-order valence-electron chi connectivity index (χ3n) is 2.19. The molecule has 1 N–H and O–H groups in total. The van der Waals surface area contributed by atoms with Gasteiger partial charge in [-0.25, -0.2) is 4.79 Å². The molecular formula is C12H17NO2. The Bertz CT molecular complexity index is 309. The summed E-state index contributed by atoms with van der Waals surface area (Å²) in [6.45, 7) is 3.96. The monoisotopic (exact) mass is 207 g/mol. The van der Waals surface area contributed by atoms with E-state index in [1.807, 2.05) is 32.0 Å². The Morgan fingerprint density at radius 2 is 1.87 bits per heavy atom. The van der Waals surface area contributed by atoms with E-state index in [1.165, 1.54) is 0 Å². The molecule has 0 amide bonds. The standard InChI is InChI=1S/C12H17NO2/c1-9(2)11(13-3)12(14)15-10-7-5-4-6-8-10/h4-9,11,13H,1-3H3/t11-/m0/s1. The average Bonchev–Trinajstić information content (AvgIpc) is 2.19. The van der Waals surface area contributed by atoms with Crippen molar-refractivity contribution >= 4 is 5.97 Å². The van der Waals surface area contributed by atoms with Crippen molar-refractivity contribution in [3.63, 3.8) is 0 Å². The SMILES string of the molecule is CN[C@H](C(=O)Oc1ccccc1)C(C)C. The Morgan fingerprint density at radius 3 is 2.33 bits per heavy atom. The average molecular weight is 207 g/mol. The van der Waals surface area contributed by atoms with Crippen LogP contribution in [-0.2, 0) is 4.79 Å². The largest absolute Gasteiger partial charge is 0.425 e. The number of hydrogen-bond acceptors (Lipinski definition) is 3. The van der Waals surface area contributed by atoms with Crippen LogP contribution < -0.4 is 10.1 Å². The number of nitrogens with one attached hydrogen (secondary N) is 1. The van der Waals surface area contributed by atoms with Crippen LogP contribution in [0, 0.1) is 5.92 Å². The molecule has 3 heteroatoms. The third kappa shape index (κ3) is 3.36. The molecule has 0 spiro atoms. The predicted octanol–water partition coefficient (Wildman–Crippen LogP) is 1.84. The number of para-hydroxylation sites is 1. The normalized spacial score (nSPS) is 12.5. The fourth-order valence-corrected chi connectivity index (χ4v) is 1.39. The highest BCUT2D eigenvalue weighted by molar-refractivity contribution is 5.78. The van der Waals surface area contributed by atoms with Gasteiger partial charge in [0, 0.05) is 0 Å². The maximum absolute atomic E-state index is 11.7. The Balaban J connectivity index is 2.62. The van der Waals surface area contributed by atoms with Crippen LogP contribution in [0.25, 0.3) is 0 Å². The summed E-state index contributed by atoms with van der Waals surface area (Å²) in [5, 5.41) is 2.95.